The lowest BCUT2D eigenvalue weighted by Crippen LogP contribution is -2.10. The van der Waals surface area contributed by atoms with E-state index in [1.165, 1.54) is 11.0 Å². The molecule has 0 spiro atoms. The minimum absolute atomic E-state index is 0.451. The fourth-order valence-electron chi connectivity index (χ4n) is 1.06. The molecule has 1 aromatic heterocycles. The third-order valence-corrected chi connectivity index (χ3v) is 1.77. The van der Waals surface area contributed by atoms with Gasteiger partial charge in [-0.3, -0.25) is 4.79 Å². The molecule has 0 saturated heterocycles. The molecule has 0 fully saturated rings. The third-order valence-electron chi connectivity index (χ3n) is 1.77. The van der Waals surface area contributed by atoms with Crippen LogP contribution in [0.15, 0.2) is 30.6 Å². The molecule has 0 aliphatic heterocycles. The molecule has 1 amide bonds. The molecule has 0 saturated carbocycles. The number of amides is 1. The van der Waals surface area contributed by atoms with E-state index in [9.17, 15) is 4.79 Å². The van der Waals surface area contributed by atoms with Gasteiger partial charge in [-0.25, -0.2) is 4.68 Å². The van der Waals surface area contributed by atoms with Crippen LogP contribution in [0.5, 0.6) is 0 Å². The van der Waals surface area contributed by atoms with E-state index in [2.05, 4.69) is 15.5 Å². The average molecular weight is 189 g/mol. The average Bonchev–Trinajstić information content (AvgIpc) is 2.71. The lowest BCUT2D eigenvalue weighted by atomic mass is 10.2. The highest BCUT2D eigenvalue weighted by Gasteiger charge is 2.01. The van der Waals surface area contributed by atoms with E-state index in [1.54, 1.807) is 24.3 Å². The summed E-state index contributed by atoms with van der Waals surface area (Å²) in [7, 11) is 0. The van der Waals surface area contributed by atoms with Gasteiger partial charge in [0.05, 0.1) is 5.69 Å². The third kappa shape index (κ3) is 1.45. The predicted octanol–water partition coefficient (Wildman–Crippen LogP) is -0.239. The summed E-state index contributed by atoms with van der Waals surface area (Å²) < 4.78 is 1.49. The van der Waals surface area contributed by atoms with Crippen molar-refractivity contribution in [2.45, 2.75) is 0 Å². The maximum absolute atomic E-state index is 10.8. The maximum Gasteiger partial charge on any atom is 0.248 e. The van der Waals surface area contributed by atoms with Crippen molar-refractivity contribution in [3.05, 3.63) is 36.2 Å². The standard InChI is InChI=1S/C8H7N5O/c9-8(14)6-1-3-7(4-2-6)13-5-10-11-12-13/h1-5H,(H2,9,14). The molecule has 6 nitrogen and oxygen atoms in total. The summed E-state index contributed by atoms with van der Waals surface area (Å²) >= 11 is 0. The van der Waals surface area contributed by atoms with E-state index < -0.39 is 5.91 Å². The van der Waals surface area contributed by atoms with Crippen molar-refractivity contribution in [1.82, 2.24) is 20.2 Å². The van der Waals surface area contributed by atoms with Crippen LogP contribution < -0.4 is 5.73 Å². The topological polar surface area (TPSA) is 86.7 Å². The Kier molecular flexibility index (Phi) is 1.94. The van der Waals surface area contributed by atoms with Crippen molar-refractivity contribution in [1.29, 1.82) is 0 Å². The minimum Gasteiger partial charge on any atom is -0.366 e. The first-order valence-electron chi connectivity index (χ1n) is 3.90. The smallest absolute Gasteiger partial charge is 0.248 e. The van der Waals surface area contributed by atoms with Crippen LogP contribution in [0.1, 0.15) is 10.4 Å². The zero-order valence-corrected chi connectivity index (χ0v) is 7.16. The Labute approximate surface area is 79.3 Å². The molecule has 0 unspecified atom stereocenters. The number of carbonyl (C=O) groups excluding carboxylic acids is 1. The monoisotopic (exact) mass is 189 g/mol. The van der Waals surface area contributed by atoms with Gasteiger partial charge in [0.1, 0.15) is 6.33 Å². The SMILES string of the molecule is NC(=O)c1ccc(-n2cnnn2)cc1. The number of aromatic nitrogens is 4. The largest absolute Gasteiger partial charge is 0.366 e. The normalized spacial score (nSPS) is 10.0. The second-order valence-electron chi connectivity index (χ2n) is 2.67. The van der Waals surface area contributed by atoms with Gasteiger partial charge in [0, 0.05) is 5.56 Å². The van der Waals surface area contributed by atoms with Crippen LogP contribution in [0.4, 0.5) is 0 Å². The molecule has 70 valence electrons. The van der Waals surface area contributed by atoms with Gasteiger partial charge in [0.25, 0.3) is 0 Å². The Balaban J connectivity index is 2.36. The molecule has 1 aromatic carbocycles. The summed E-state index contributed by atoms with van der Waals surface area (Å²) in [5, 5.41) is 10.7. The van der Waals surface area contributed by atoms with Crippen LogP contribution in [0, 0.1) is 0 Å². The molecule has 0 aliphatic rings. The molecular formula is C8H7N5O. The summed E-state index contributed by atoms with van der Waals surface area (Å²) in [4.78, 5) is 10.8. The fraction of sp³-hybridized carbons (Fsp3) is 0. The van der Waals surface area contributed by atoms with Crippen LogP contribution >= 0.6 is 0 Å². The van der Waals surface area contributed by atoms with E-state index >= 15 is 0 Å². The number of tetrazole rings is 1. The Morgan fingerprint density at radius 2 is 2.00 bits per heavy atom. The Hall–Kier alpha value is -2.24. The second-order valence-corrected chi connectivity index (χ2v) is 2.67. The van der Waals surface area contributed by atoms with Gasteiger partial charge in [-0.15, -0.1) is 5.10 Å². The Bertz CT molecular complexity index is 433. The summed E-state index contributed by atoms with van der Waals surface area (Å²) in [6, 6.07) is 6.69. The van der Waals surface area contributed by atoms with Gasteiger partial charge in [0.2, 0.25) is 5.91 Å². The van der Waals surface area contributed by atoms with Crippen molar-refractivity contribution in [3.8, 4) is 5.69 Å². The van der Waals surface area contributed by atoms with Crippen LogP contribution in [0.2, 0.25) is 0 Å². The predicted molar refractivity (Wildman–Crippen MR) is 47.7 cm³/mol. The maximum atomic E-state index is 10.8. The summed E-state index contributed by atoms with van der Waals surface area (Å²) in [6.07, 6.45) is 1.47. The Morgan fingerprint density at radius 3 is 2.50 bits per heavy atom. The molecular weight excluding hydrogens is 182 g/mol. The van der Waals surface area contributed by atoms with E-state index in [-0.39, 0.29) is 0 Å². The molecule has 0 bridgehead atoms. The first-order chi connectivity index (χ1) is 6.77. The zero-order chi connectivity index (χ0) is 9.97. The van der Waals surface area contributed by atoms with E-state index in [0.717, 1.165) is 5.69 Å². The number of carbonyl (C=O) groups is 1. The van der Waals surface area contributed by atoms with Crippen LogP contribution in [-0.2, 0) is 0 Å². The highest BCUT2D eigenvalue weighted by molar-refractivity contribution is 5.92. The van der Waals surface area contributed by atoms with Gasteiger partial charge in [-0.1, -0.05) is 0 Å². The summed E-state index contributed by atoms with van der Waals surface area (Å²) in [6.45, 7) is 0. The van der Waals surface area contributed by atoms with Gasteiger partial charge < -0.3 is 5.73 Å². The number of benzene rings is 1. The van der Waals surface area contributed by atoms with Gasteiger partial charge in [-0.05, 0) is 34.7 Å². The van der Waals surface area contributed by atoms with Gasteiger partial charge in [0.15, 0.2) is 0 Å². The molecule has 0 atom stereocenters. The number of hydrogen-bond acceptors (Lipinski definition) is 4. The first kappa shape index (κ1) is 8.36. The number of hydrogen-bond donors (Lipinski definition) is 1. The lowest BCUT2D eigenvalue weighted by molar-refractivity contribution is 0.100. The fourth-order valence-corrected chi connectivity index (χ4v) is 1.06. The first-order valence-corrected chi connectivity index (χ1v) is 3.90. The van der Waals surface area contributed by atoms with E-state index in [4.69, 9.17) is 5.73 Å². The van der Waals surface area contributed by atoms with E-state index in [1.807, 2.05) is 0 Å². The molecule has 6 heteroatoms. The van der Waals surface area contributed by atoms with Crippen molar-refractivity contribution in [2.24, 2.45) is 5.73 Å². The quantitative estimate of drug-likeness (QED) is 0.706. The summed E-state index contributed by atoms with van der Waals surface area (Å²) in [5.74, 6) is -0.451. The molecule has 0 radical (unpaired) electrons. The Morgan fingerprint density at radius 1 is 1.29 bits per heavy atom. The van der Waals surface area contributed by atoms with Crippen LogP contribution in [0.25, 0.3) is 5.69 Å². The van der Waals surface area contributed by atoms with Crippen molar-refractivity contribution < 1.29 is 4.79 Å². The lowest BCUT2D eigenvalue weighted by Gasteiger charge is -1.99. The molecule has 1 heterocycles. The molecule has 2 aromatic rings. The van der Waals surface area contributed by atoms with Crippen molar-refractivity contribution >= 4 is 5.91 Å². The van der Waals surface area contributed by atoms with Crippen molar-refractivity contribution in [2.75, 3.05) is 0 Å². The number of rotatable bonds is 2. The number of nitrogens with two attached hydrogens (primary N) is 1. The minimum atomic E-state index is -0.451. The van der Waals surface area contributed by atoms with Crippen molar-refractivity contribution in [3.63, 3.8) is 0 Å². The second kappa shape index (κ2) is 3.25. The number of nitrogens with zero attached hydrogens (tertiary/aromatic N) is 4. The molecule has 2 N–H and O–H groups in total. The van der Waals surface area contributed by atoms with Gasteiger partial charge >= 0.3 is 0 Å². The highest BCUT2D eigenvalue weighted by Crippen LogP contribution is 2.06. The van der Waals surface area contributed by atoms with E-state index in [0.29, 0.717) is 5.56 Å². The molecule has 0 aliphatic carbocycles. The van der Waals surface area contributed by atoms with Crippen LogP contribution in [-0.4, -0.2) is 26.1 Å². The molecule has 2 rings (SSSR count). The zero-order valence-electron chi connectivity index (χ0n) is 7.16. The number of primary amides is 1. The van der Waals surface area contributed by atoms with Gasteiger partial charge in [-0.2, -0.15) is 0 Å². The van der Waals surface area contributed by atoms with Crippen LogP contribution in [0.3, 0.4) is 0 Å². The molecule has 14 heavy (non-hydrogen) atoms. The highest BCUT2D eigenvalue weighted by atomic mass is 16.1. The summed E-state index contributed by atoms with van der Waals surface area (Å²) in [5.41, 5.74) is 6.33.